The molecule has 0 heterocycles. The Morgan fingerprint density at radius 3 is 2.63 bits per heavy atom. The van der Waals surface area contributed by atoms with E-state index in [4.69, 9.17) is 11.6 Å². The predicted molar refractivity (Wildman–Crippen MR) is 78.3 cm³/mol. The molecule has 0 aromatic heterocycles. The number of benzene rings is 2. The van der Waals surface area contributed by atoms with Gasteiger partial charge in [0.05, 0.1) is 0 Å². The van der Waals surface area contributed by atoms with E-state index in [9.17, 15) is 9.18 Å². The molecule has 0 radical (unpaired) electrons. The van der Waals surface area contributed by atoms with Crippen LogP contribution in [-0.4, -0.2) is 5.78 Å². The second-order valence-corrected chi connectivity index (χ2v) is 5.56. The number of carbonyl (C=O) groups is 1. The number of halogens is 3. The Kier molecular flexibility index (Phi) is 4.38. The molecule has 4 heteroatoms. The topological polar surface area (TPSA) is 17.1 Å². The third kappa shape index (κ3) is 3.43. The van der Waals surface area contributed by atoms with Gasteiger partial charge in [0.25, 0.3) is 0 Å². The maximum atomic E-state index is 13.0. The highest BCUT2D eigenvalue weighted by Crippen LogP contribution is 2.21. The van der Waals surface area contributed by atoms with Crippen molar-refractivity contribution in [3.63, 3.8) is 0 Å². The molecular weight excluding hydrogens is 331 g/mol. The zero-order chi connectivity index (χ0) is 14.0. The molecule has 19 heavy (non-hydrogen) atoms. The van der Waals surface area contributed by atoms with Crippen LogP contribution in [0.15, 0.2) is 40.9 Å². The van der Waals surface area contributed by atoms with Crippen molar-refractivity contribution in [1.82, 2.24) is 0 Å². The van der Waals surface area contributed by atoms with Gasteiger partial charge in [-0.25, -0.2) is 4.39 Å². The number of ketones is 1. The molecule has 0 saturated carbocycles. The first kappa shape index (κ1) is 14.2. The van der Waals surface area contributed by atoms with Crippen LogP contribution in [0.25, 0.3) is 0 Å². The van der Waals surface area contributed by atoms with E-state index in [2.05, 4.69) is 15.9 Å². The normalized spacial score (nSPS) is 10.5. The van der Waals surface area contributed by atoms with Crippen molar-refractivity contribution in [2.75, 3.05) is 0 Å². The molecular formula is C15H11BrClFO. The summed E-state index contributed by atoms with van der Waals surface area (Å²) in [5.74, 6) is -0.350. The van der Waals surface area contributed by atoms with Crippen molar-refractivity contribution in [3.8, 4) is 0 Å². The minimum Gasteiger partial charge on any atom is -0.294 e. The fraction of sp³-hybridized carbons (Fsp3) is 0.133. The summed E-state index contributed by atoms with van der Waals surface area (Å²) in [4.78, 5) is 12.2. The molecule has 0 aliphatic heterocycles. The van der Waals surface area contributed by atoms with Crippen molar-refractivity contribution in [2.45, 2.75) is 13.3 Å². The molecule has 98 valence electrons. The summed E-state index contributed by atoms with van der Waals surface area (Å²) in [6.07, 6.45) is 0.224. The Hall–Kier alpha value is -1.19. The SMILES string of the molecule is Cc1cc(C(=O)Cc2ccc(F)cc2Br)ccc1Cl. The zero-order valence-corrected chi connectivity index (χ0v) is 12.6. The number of carbonyl (C=O) groups excluding carboxylic acids is 1. The smallest absolute Gasteiger partial charge is 0.167 e. The molecule has 2 aromatic carbocycles. The first-order chi connectivity index (χ1) is 8.97. The van der Waals surface area contributed by atoms with E-state index in [1.807, 2.05) is 6.92 Å². The molecule has 0 atom stereocenters. The van der Waals surface area contributed by atoms with Crippen molar-refractivity contribution >= 4 is 33.3 Å². The van der Waals surface area contributed by atoms with Gasteiger partial charge in [0.1, 0.15) is 5.82 Å². The highest BCUT2D eigenvalue weighted by Gasteiger charge is 2.11. The Morgan fingerprint density at radius 1 is 1.26 bits per heavy atom. The molecule has 1 nitrogen and oxygen atoms in total. The summed E-state index contributed by atoms with van der Waals surface area (Å²) in [5.41, 5.74) is 2.24. The minimum absolute atomic E-state index is 0.0212. The van der Waals surface area contributed by atoms with Gasteiger partial charge in [0, 0.05) is 21.5 Å². The molecule has 0 N–H and O–H groups in total. The quantitative estimate of drug-likeness (QED) is 0.720. The number of hydrogen-bond acceptors (Lipinski definition) is 1. The first-order valence-electron chi connectivity index (χ1n) is 5.70. The Bertz CT molecular complexity index is 640. The van der Waals surface area contributed by atoms with Gasteiger partial charge >= 0.3 is 0 Å². The molecule has 0 saturated heterocycles. The van der Waals surface area contributed by atoms with Gasteiger partial charge in [-0.05, 0) is 48.4 Å². The number of Topliss-reactive ketones (excluding diaryl/α,β-unsaturated/α-hetero) is 1. The van der Waals surface area contributed by atoms with E-state index in [0.717, 1.165) is 11.1 Å². The number of aryl methyl sites for hydroxylation is 1. The van der Waals surface area contributed by atoms with Crippen LogP contribution in [0.3, 0.4) is 0 Å². The molecule has 2 aromatic rings. The van der Waals surface area contributed by atoms with E-state index < -0.39 is 0 Å². The number of rotatable bonds is 3. The molecule has 0 amide bonds. The molecule has 0 aliphatic carbocycles. The van der Waals surface area contributed by atoms with Gasteiger partial charge in [-0.3, -0.25) is 4.79 Å². The van der Waals surface area contributed by atoms with Crippen LogP contribution in [-0.2, 0) is 6.42 Å². The first-order valence-corrected chi connectivity index (χ1v) is 6.88. The van der Waals surface area contributed by atoms with E-state index >= 15 is 0 Å². The number of hydrogen-bond donors (Lipinski definition) is 0. The van der Waals surface area contributed by atoms with Crippen LogP contribution in [0.5, 0.6) is 0 Å². The van der Waals surface area contributed by atoms with E-state index in [0.29, 0.717) is 15.1 Å². The Morgan fingerprint density at radius 2 is 2.00 bits per heavy atom. The van der Waals surface area contributed by atoms with Crippen LogP contribution < -0.4 is 0 Å². The highest BCUT2D eigenvalue weighted by atomic mass is 79.9. The predicted octanol–water partition coefficient (Wildman–Crippen LogP) is 4.98. The lowest BCUT2D eigenvalue weighted by atomic mass is 10.0. The summed E-state index contributed by atoms with van der Waals surface area (Å²) >= 11 is 9.19. The van der Waals surface area contributed by atoms with Gasteiger partial charge in [-0.15, -0.1) is 0 Å². The van der Waals surface area contributed by atoms with Gasteiger partial charge in [-0.1, -0.05) is 33.6 Å². The Balaban J connectivity index is 2.23. The van der Waals surface area contributed by atoms with Gasteiger partial charge < -0.3 is 0 Å². The average Bonchev–Trinajstić information content (AvgIpc) is 2.36. The van der Waals surface area contributed by atoms with Gasteiger partial charge in [0.2, 0.25) is 0 Å². The molecule has 0 unspecified atom stereocenters. The lowest BCUT2D eigenvalue weighted by Gasteiger charge is -2.06. The maximum absolute atomic E-state index is 13.0. The molecule has 0 fully saturated rings. The van der Waals surface area contributed by atoms with Crippen LogP contribution in [0.1, 0.15) is 21.5 Å². The van der Waals surface area contributed by atoms with Crippen molar-refractivity contribution < 1.29 is 9.18 Å². The lowest BCUT2D eigenvalue weighted by molar-refractivity contribution is 0.0992. The van der Waals surface area contributed by atoms with Crippen LogP contribution >= 0.6 is 27.5 Å². The van der Waals surface area contributed by atoms with Crippen molar-refractivity contribution in [2.24, 2.45) is 0 Å². The second-order valence-electron chi connectivity index (χ2n) is 4.30. The molecule has 0 spiro atoms. The summed E-state index contributed by atoms with van der Waals surface area (Å²) in [7, 11) is 0. The van der Waals surface area contributed by atoms with Crippen LogP contribution in [0.4, 0.5) is 4.39 Å². The van der Waals surface area contributed by atoms with Gasteiger partial charge in [0.15, 0.2) is 5.78 Å². The highest BCUT2D eigenvalue weighted by molar-refractivity contribution is 9.10. The Labute approximate surface area is 124 Å². The van der Waals surface area contributed by atoms with Crippen molar-refractivity contribution in [1.29, 1.82) is 0 Å². The van der Waals surface area contributed by atoms with E-state index in [-0.39, 0.29) is 18.0 Å². The lowest BCUT2D eigenvalue weighted by Crippen LogP contribution is -2.04. The maximum Gasteiger partial charge on any atom is 0.167 e. The van der Waals surface area contributed by atoms with Crippen LogP contribution in [0, 0.1) is 12.7 Å². The fourth-order valence-electron chi connectivity index (χ4n) is 1.76. The minimum atomic E-state index is -0.328. The second kappa shape index (κ2) is 5.85. The third-order valence-corrected chi connectivity index (χ3v) is 4.01. The van der Waals surface area contributed by atoms with E-state index in [1.54, 1.807) is 24.3 Å². The van der Waals surface area contributed by atoms with Crippen LogP contribution in [0.2, 0.25) is 5.02 Å². The monoisotopic (exact) mass is 340 g/mol. The summed E-state index contributed by atoms with van der Waals surface area (Å²) in [6.45, 7) is 1.85. The summed E-state index contributed by atoms with van der Waals surface area (Å²) < 4.78 is 13.6. The van der Waals surface area contributed by atoms with Crippen molar-refractivity contribution in [3.05, 3.63) is 68.4 Å². The summed E-state index contributed by atoms with van der Waals surface area (Å²) in [5, 5.41) is 0.638. The van der Waals surface area contributed by atoms with Gasteiger partial charge in [-0.2, -0.15) is 0 Å². The standard InChI is InChI=1S/C15H11BrClFO/c1-9-6-11(3-5-14(9)17)15(19)7-10-2-4-12(18)8-13(10)16/h2-6,8H,7H2,1H3. The van der Waals surface area contributed by atoms with E-state index in [1.165, 1.54) is 12.1 Å². The fourth-order valence-corrected chi connectivity index (χ4v) is 2.37. The summed E-state index contributed by atoms with van der Waals surface area (Å²) in [6, 6.07) is 9.50. The molecule has 0 aliphatic rings. The zero-order valence-electron chi connectivity index (χ0n) is 10.2. The molecule has 2 rings (SSSR count). The molecule has 0 bridgehead atoms. The third-order valence-electron chi connectivity index (χ3n) is 2.85. The largest absolute Gasteiger partial charge is 0.294 e. The average molecular weight is 342 g/mol.